The van der Waals surface area contributed by atoms with Gasteiger partial charge in [-0.15, -0.1) is 0 Å². The van der Waals surface area contributed by atoms with Gasteiger partial charge in [0, 0.05) is 6.04 Å². The Morgan fingerprint density at radius 1 is 1.21 bits per heavy atom. The minimum atomic E-state index is -0.381. The lowest BCUT2D eigenvalue weighted by molar-refractivity contribution is 0.432. The monoisotopic (exact) mass is 323 g/mol. The number of nitrogens with two attached hydrogens (primary N) is 1. The Morgan fingerprint density at radius 3 is 2.63 bits per heavy atom. The van der Waals surface area contributed by atoms with Gasteiger partial charge in [-0.1, -0.05) is 24.3 Å². The molecular formula is C15H15BrFNO. The van der Waals surface area contributed by atoms with Gasteiger partial charge < -0.3 is 10.5 Å². The molecule has 0 fully saturated rings. The maximum atomic E-state index is 13.9. The summed E-state index contributed by atoms with van der Waals surface area (Å²) in [5, 5.41) is 0. The molecule has 2 aromatic rings. The number of halogens is 2. The number of rotatable bonds is 4. The molecule has 100 valence electrons. The zero-order valence-corrected chi connectivity index (χ0v) is 12.2. The topological polar surface area (TPSA) is 35.2 Å². The molecule has 2 aromatic carbocycles. The minimum Gasteiger partial charge on any atom is -0.453 e. The zero-order chi connectivity index (χ0) is 13.8. The lowest BCUT2D eigenvalue weighted by Crippen LogP contribution is -2.18. The second kappa shape index (κ2) is 6.17. The van der Waals surface area contributed by atoms with E-state index < -0.39 is 0 Å². The molecule has 0 saturated carbocycles. The van der Waals surface area contributed by atoms with Gasteiger partial charge in [-0.05, 0) is 53.0 Å². The molecule has 0 aromatic heterocycles. The van der Waals surface area contributed by atoms with Crippen LogP contribution < -0.4 is 10.5 Å². The molecule has 4 heteroatoms. The van der Waals surface area contributed by atoms with Crippen LogP contribution in [0.1, 0.15) is 12.5 Å². The highest BCUT2D eigenvalue weighted by molar-refractivity contribution is 9.10. The number of ether oxygens (including phenoxy) is 1. The van der Waals surface area contributed by atoms with E-state index in [1.165, 1.54) is 6.07 Å². The lowest BCUT2D eigenvalue weighted by atomic mass is 10.1. The minimum absolute atomic E-state index is 0.0524. The van der Waals surface area contributed by atoms with Crippen LogP contribution in [0.3, 0.4) is 0 Å². The largest absolute Gasteiger partial charge is 0.453 e. The van der Waals surface area contributed by atoms with Crippen LogP contribution in [0, 0.1) is 5.82 Å². The molecule has 2 nitrogen and oxygen atoms in total. The highest BCUT2D eigenvalue weighted by Crippen LogP contribution is 2.33. The van der Waals surface area contributed by atoms with E-state index in [-0.39, 0.29) is 17.6 Å². The first kappa shape index (κ1) is 14.0. The van der Waals surface area contributed by atoms with E-state index in [9.17, 15) is 4.39 Å². The average Bonchev–Trinajstić information content (AvgIpc) is 2.35. The van der Waals surface area contributed by atoms with E-state index in [1.54, 1.807) is 12.1 Å². The van der Waals surface area contributed by atoms with E-state index in [4.69, 9.17) is 10.5 Å². The molecule has 0 aliphatic heterocycles. The van der Waals surface area contributed by atoms with Gasteiger partial charge in [-0.25, -0.2) is 4.39 Å². The first-order chi connectivity index (χ1) is 9.08. The third kappa shape index (κ3) is 3.55. The molecule has 2 N–H and O–H groups in total. The summed E-state index contributed by atoms with van der Waals surface area (Å²) in [5.41, 5.74) is 6.55. The van der Waals surface area contributed by atoms with Crippen LogP contribution in [-0.2, 0) is 6.42 Å². The fraction of sp³-hybridized carbons (Fsp3) is 0.200. The van der Waals surface area contributed by atoms with Crippen molar-refractivity contribution in [3.05, 3.63) is 58.3 Å². The standard InChI is InChI=1S/C15H15BrFNO/c1-10(18)9-11-5-4-7-13(17)15(11)19-14-8-3-2-6-12(14)16/h2-8,10H,9,18H2,1H3. The first-order valence-corrected chi connectivity index (χ1v) is 6.82. The summed E-state index contributed by atoms with van der Waals surface area (Å²) >= 11 is 3.38. The normalized spacial score (nSPS) is 12.2. The fourth-order valence-corrected chi connectivity index (χ4v) is 2.18. The van der Waals surface area contributed by atoms with E-state index in [0.29, 0.717) is 12.2 Å². The Balaban J connectivity index is 2.36. The third-order valence-electron chi connectivity index (χ3n) is 2.64. The van der Waals surface area contributed by atoms with Crippen molar-refractivity contribution < 1.29 is 9.13 Å². The van der Waals surface area contributed by atoms with Crippen LogP contribution >= 0.6 is 15.9 Å². The quantitative estimate of drug-likeness (QED) is 0.911. The predicted molar refractivity (Wildman–Crippen MR) is 78.0 cm³/mol. The van der Waals surface area contributed by atoms with Crippen molar-refractivity contribution in [2.24, 2.45) is 5.73 Å². The summed E-state index contributed by atoms with van der Waals surface area (Å²) in [7, 11) is 0. The Bertz CT molecular complexity index is 572. The van der Waals surface area contributed by atoms with Gasteiger partial charge in [0.05, 0.1) is 4.47 Å². The van der Waals surface area contributed by atoms with Crippen molar-refractivity contribution in [2.45, 2.75) is 19.4 Å². The maximum absolute atomic E-state index is 13.9. The van der Waals surface area contributed by atoms with Crippen LogP contribution in [0.25, 0.3) is 0 Å². The third-order valence-corrected chi connectivity index (χ3v) is 3.29. The number of hydrogen-bond acceptors (Lipinski definition) is 2. The average molecular weight is 324 g/mol. The highest BCUT2D eigenvalue weighted by Gasteiger charge is 2.13. The molecule has 0 radical (unpaired) electrons. The van der Waals surface area contributed by atoms with Crippen LogP contribution in [0.15, 0.2) is 46.9 Å². The summed E-state index contributed by atoms with van der Waals surface area (Å²) < 4.78 is 20.4. The molecule has 0 bridgehead atoms. The van der Waals surface area contributed by atoms with Gasteiger partial charge in [-0.2, -0.15) is 0 Å². The van der Waals surface area contributed by atoms with E-state index in [0.717, 1.165) is 10.0 Å². The molecule has 0 heterocycles. The summed E-state index contributed by atoms with van der Waals surface area (Å²) in [5.74, 6) is 0.444. The van der Waals surface area contributed by atoms with E-state index in [1.807, 2.05) is 31.2 Å². The number of benzene rings is 2. The van der Waals surface area contributed by atoms with Crippen LogP contribution in [-0.4, -0.2) is 6.04 Å². The summed E-state index contributed by atoms with van der Waals surface area (Å²) in [6.07, 6.45) is 0.567. The second-order valence-electron chi connectivity index (χ2n) is 4.44. The van der Waals surface area contributed by atoms with Crippen LogP contribution in [0.4, 0.5) is 4.39 Å². The Labute approximate surface area is 120 Å². The van der Waals surface area contributed by atoms with Gasteiger partial charge in [0.25, 0.3) is 0 Å². The maximum Gasteiger partial charge on any atom is 0.166 e. The second-order valence-corrected chi connectivity index (χ2v) is 5.30. The highest BCUT2D eigenvalue weighted by atomic mass is 79.9. The molecule has 2 rings (SSSR count). The predicted octanol–water partition coefficient (Wildman–Crippen LogP) is 4.27. The molecular weight excluding hydrogens is 309 g/mol. The summed E-state index contributed by atoms with van der Waals surface area (Å²) in [6.45, 7) is 1.88. The van der Waals surface area contributed by atoms with Crippen LogP contribution in [0.2, 0.25) is 0 Å². The van der Waals surface area contributed by atoms with Crippen LogP contribution in [0.5, 0.6) is 11.5 Å². The molecule has 1 unspecified atom stereocenters. The van der Waals surface area contributed by atoms with Gasteiger partial charge in [0.15, 0.2) is 11.6 Å². The molecule has 0 amide bonds. The van der Waals surface area contributed by atoms with Crippen molar-refractivity contribution >= 4 is 15.9 Å². The van der Waals surface area contributed by atoms with Crippen molar-refractivity contribution in [3.8, 4) is 11.5 Å². The number of para-hydroxylation sites is 2. The molecule has 19 heavy (non-hydrogen) atoms. The van der Waals surface area contributed by atoms with Gasteiger partial charge in [0.2, 0.25) is 0 Å². The van der Waals surface area contributed by atoms with Crippen molar-refractivity contribution in [2.75, 3.05) is 0 Å². The summed E-state index contributed by atoms with van der Waals surface area (Å²) in [6, 6.07) is 12.2. The van der Waals surface area contributed by atoms with Gasteiger partial charge >= 0.3 is 0 Å². The lowest BCUT2D eigenvalue weighted by Gasteiger charge is -2.14. The fourth-order valence-electron chi connectivity index (χ4n) is 1.81. The zero-order valence-electron chi connectivity index (χ0n) is 10.6. The Kier molecular flexibility index (Phi) is 4.56. The molecule has 0 aliphatic rings. The van der Waals surface area contributed by atoms with Crippen molar-refractivity contribution in [3.63, 3.8) is 0 Å². The molecule has 0 spiro atoms. The number of hydrogen-bond donors (Lipinski definition) is 1. The van der Waals surface area contributed by atoms with Gasteiger partial charge in [0.1, 0.15) is 5.75 Å². The van der Waals surface area contributed by atoms with Gasteiger partial charge in [-0.3, -0.25) is 0 Å². The van der Waals surface area contributed by atoms with E-state index in [2.05, 4.69) is 15.9 Å². The van der Waals surface area contributed by atoms with Crippen molar-refractivity contribution in [1.82, 2.24) is 0 Å². The SMILES string of the molecule is CC(N)Cc1cccc(F)c1Oc1ccccc1Br. The Morgan fingerprint density at radius 2 is 1.95 bits per heavy atom. The molecule has 0 aliphatic carbocycles. The molecule has 1 atom stereocenters. The van der Waals surface area contributed by atoms with E-state index >= 15 is 0 Å². The Hall–Kier alpha value is -1.39. The first-order valence-electron chi connectivity index (χ1n) is 6.03. The van der Waals surface area contributed by atoms with Crippen molar-refractivity contribution in [1.29, 1.82) is 0 Å². The molecule has 0 saturated heterocycles. The smallest absolute Gasteiger partial charge is 0.166 e. The summed E-state index contributed by atoms with van der Waals surface area (Å²) in [4.78, 5) is 0.